The molecule has 0 bridgehead atoms. The Morgan fingerprint density at radius 1 is 1.50 bits per heavy atom. The molecule has 0 aliphatic carbocycles. The van der Waals surface area contributed by atoms with Crippen LogP contribution in [-0.4, -0.2) is 42.8 Å². The monoisotopic (exact) mass is 252 g/mol. The lowest BCUT2D eigenvalue weighted by Crippen LogP contribution is -2.35. The number of urea groups is 1. The van der Waals surface area contributed by atoms with Crippen LogP contribution < -0.4 is 10.1 Å². The zero-order chi connectivity index (χ0) is 13.4. The van der Waals surface area contributed by atoms with Crippen molar-refractivity contribution in [1.29, 1.82) is 0 Å². The topological polar surface area (TPSA) is 61.8 Å². The minimum Gasteiger partial charge on any atom is -0.497 e. The van der Waals surface area contributed by atoms with Crippen molar-refractivity contribution in [3.05, 3.63) is 24.3 Å². The molecule has 0 saturated carbocycles. The maximum Gasteiger partial charge on any atom is 0.321 e. The zero-order valence-electron chi connectivity index (χ0n) is 10.8. The van der Waals surface area contributed by atoms with Crippen LogP contribution in [0.15, 0.2) is 24.3 Å². The number of benzene rings is 1. The number of hydrogen-bond donors (Lipinski definition) is 2. The fourth-order valence-corrected chi connectivity index (χ4v) is 1.57. The molecule has 0 saturated heterocycles. The van der Waals surface area contributed by atoms with Crippen LogP contribution in [0, 0.1) is 0 Å². The van der Waals surface area contributed by atoms with E-state index in [1.165, 1.54) is 0 Å². The standard InChI is InChI=1S/C13H20N2O3/c1-3-15(8-5-9-16)13(17)14-11-6-4-7-12(10-11)18-2/h4,6-7,10,16H,3,5,8-9H2,1-2H3,(H,14,17). The average molecular weight is 252 g/mol. The Morgan fingerprint density at radius 2 is 2.28 bits per heavy atom. The highest BCUT2D eigenvalue weighted by atomic mass is 16.5. The van der Waals surface area contributed by atoms with Gasteiger partial charge in [-0.3, -0.25) is 0 Å². The number of carbonyl (C=O) groups is 1. The van der Waals surface area contributed by atoms with Gasteiger partial charge < -0.3 is 20.1 Å². The fraction of sp³-hybridized carbons (Fsp3) is 0.462. The number of nitrogens with one attached hydrogen (secondary N) is 1. The predicted octanol–water partition coefficient (Wildman–Crippen LogP) is 1.93. The highest BCUT2D eigenvalue weighted by Crippen LogP contribution is 2.17. The smallest absolute Gasteiger partial charge is 0.321 e. The van der Waals surface area contributed by atoms with Crippen molar-refractivity contribution in [3.63, 3.8) is 0 Å². The van der Waals surface area contributed by atoms with Crippen molar-refractivity contribution in [1.82, 2.24) is 4.90 Å². The van der Waals surface area contributed by atoms with Crippen LogP contribution in [0.3, 0.4) is 0 Å². The second kappa shape index (κ2) is 7.55. The number of aliphatic hydroxyl groups is 1. The number of ether oxygens (including phenoxy) is 1. The molecule has 0 aliphatic rings. The maximum absolute atomic E-state index is 11.9. The molecular formula is C13H20N2O3. The third kappa shape index (κ3) is 4.25. The first-order valence-electron chi connectivity index (χ1n) is 6.02. The summed E-state index contributed by atoms with van der Waals surface area (Å²) in [6.45, 7) is 3.14. The van der Waals surface area contributed by atoms with Gasteiger partial charge >= 0.3 is 6.03 Å². The summed E-state index contributed by atoms with van der Waals surface area (Å²) in [4.78, 5) is 13.6. The molecule has 5 heteroatoms. The number of amides is 2. The van der Waals surface area contributed by atoms with E-state index >= 15 is 0 Å². The van der Waals surface area contributed by atoms with Crippen LogP contribution >= 0.6 is 0 Å². The number of nitrogens with zero attached hydrogens (tertiary/aromatic N) is 1. The SMILES string of the molecule is CCN(CCCO)C(=O)Nc1cccc(OC)c1. The molecule has 100 valence electrons. The number of hydrogen-bond acceptors (Lipinski definition) is 3. The Balaban J connectivity index is 2.61. The van der Waals surface area contributed by atoms with E-state index in [4.69, 9.17) is 9.84 Å². The molecule has 1 aromatic rings. The van der Waals surface area contributed by atoms with Crippen LogP contribution in [0.2, 0.25) is 0 Å². The van der Waals surface area contributed by atoms with Gasteiger partial charge in [-0.2, -0.15) is 0 Å². The Kier molecular flexibility index (Phi) is 6.00. The zero-order valence-corrected chi connectivity index (χ0v) is 10.8. The second-order valence-corrected chi connectivity index (χ2v) is 3.82. The molecule has 0 radical (unpaired) electrons. The van der Waals surface area contributed by atoms with Gasteiger partial charge in [0.15, 0.2) is 0 Å². The van der Waals surface area contributed by atoms with E-state index in [1.807, 2.05) is 19.1 Å². The lowest BCUT2D eigenvalue weighted by molar-refractivity contribution is 0.205. The quantitative estimate of drug-likeness (QED) is 0.813. The van der Waals surface area contributed by atoms with Crippen LogP contribution in [-0.2, 0) is 0 Å². The molecule has 1 aromatic carbocycles. The average Bonchev–Trinajstić information content (AvgIpc) is 2.40. The van der Waals surface area contributed by atoms with Crippen molar-refractivity contribution >= 4 is 11.7 Å². The first kappa shape index (κ1) is 14.3. The lowest BCUT2D eigenvalue weighted by atomic mass is 10.3. The van der Waals surface area contributed by atoms with Gasteiger partial charge in [-0.15, -0.1) is 0 Å². The van der Waals surface area contributed by atoms with Crippen LogP contribution in [0.4, 0.5) is 10.5 Å². The molecule has 5 nitrogen and oxygen atoms in total. The Hall–Kier alpha value is -1.75. The molecule has 1 rings (SSSR count). The molecule has 0 heterocycles. The van der Waals surface area contributed by atoms with E-state index < -0.39 is 0 Å². The molecule has 0 fully saturated rings. The highest BCUT2D eigenvalue weighted by Gasteiger charge is 2.11. The Labute approximate surface area is 107 Å². The van der Waals surface area contributed by atoms with Gasteiger partial charge in [-0.25, -0.2) is 4.79 Å². The number of carbonyl (C=O) groups excluding carboxylic acids is 1. The highest BCUT2D eigenvalue weighted by molar-refractivity contribution is 5.89. The van der Waals surface area contributed by atoms with Crippen molar-refractivity contribution in [3.8, 4) is 5.75 Å². The van der Waals surface area contributed by atoms with Crippen molar-refractivity contribution in [2.75, 3.05) is 32.1 Å². The number of rotatable bonds is 6. The van der Waals surface area contributed by atoms with Crippen molar-refractivity contribution < 1.29 is 14.6 Å². The summed E-state index contributed by atoms with van der Waals surface area (Å²) in [5.74, 6) is 0.700. The first-order valence-corrected chi connectivity index (χ1v) is 6.02. The van der Waals surface area contributed by atoms with Gasteiger partial charge in [0, 0.05) is 31.5 Å². The molecule has 0 spiro atoms. The normalized spacial score (nSPS) is 9.94. The summed E-state index contributed by atoms with van der Waals surface area (Å²) in [6, 6.07) is 7.04. The van der Waals surface area contributed by atoms with Crippen LogP contribution in [0.1, 0.15) is 13.3 Å². The summed E-state index contributed by atoms with van der Waals surface area (Å²) >= 11 is 0. The predicted molar refractivity (Wildman–Crippen MR) is 71.0 cm³/mol. The van der Waals surface area contributed by atoms with Crippen LogP contribution in [0.25, 0.3) is 0 Å². The molecule has 0 aliphatic heterocycles. The number of aliphatic hydroxyl groups excluding tert-OH is 1. The summed E-state index contributed by atoms with van der Waals surface area (Å²) in [5, 5.41) is 11.6. The molecule has 2 amide bonds. The molecule has 2 N–H and O–H groups in total. The number of anilines is 1. The molecule has 0 unspecified atom stereocenters. The largest absolute Gasteiger partial charge is 0.497 e. The van der Waals surface area contributed by atoms with Crippen molar-refractivity contribution in [2.24, 2.45) is 0 Å². The number of methoxy groups -OCH3 is 1. The van der Waals surface area contributed by atoms with Gasteiger partial charge in [0.2, 0.25) is 0 Å². The van der Waals surface area contributed by atoms with Gasteiger partial charge in [-0.1, -0.05) is 6.07 Å². The Morgan fingerprint density at radius 3 is 2.89 bits per heavy atom. The van der Waals surface area contributed by atoms with Gasteiger partial charge in [0.1, 0.15) is 5.75 Å². The van der Waals surface area contributed by atoms with Gasteiger partial charge in [0.05, 0.1) is 7.11 Å². The summed E-state index contributed by atoms with van der Waals surface area (Å²) in [5.41, 5.74) is 0.696. The van der Waals surface area contributed by atoms with E-state index in [1.54, 1.807) is 24.1 Å². The minimum atomic E-state index is -0.167. The summed E-state index contributed by atoms with van der Waals surface area (Å²) in [7, 11) is 1.58. The van der Waals surface area contributed by atoms with Crippen LogP contribution in [0.5, 0.6) is 5.75 Å². The molecule has 0 atom stereocenters. The van der Waals surface area contributed by atoms with E-state index in [-0.39, 0.29) is 12.6 Å². The maximum atomic E-state index is 11.9. The van der Waals surface area contributed by atoms with Gasteiger partial charge in [-0.05, 0) is 25.5 Å². The molecular weight excluding hydrogens is 232 g/mol. The molecule has 18 heavy (non-hydrogen) atoms. The minimum absolute atomic E-state index is 0.0862. The fourth-order valence-electron chi connectivity index (χ4n) is 1.57. The van der Waals surface area contributed by atoms with E-state index in [2.05, 4.69) is 5.32 Å². The van der Waals surface area contributed by atoms with E-state index in [9.17, 15) is 4.79 Å². The van der Waals surface area contributed by atoms with E-state index in [0.29, 0.717) is 30.9 Å². The lowest BCUT2D eigenvalue weighted by Gasteiger charge is -2.21. The van der Waals surface area contributed by atoms with Crippen molar-refractivity contribution in [2.45, 2.75) is 13.3 Å². The third-order valence-electron chi connectivity index (χ3n) is 2.58. The van der Waals surface area contributed by atoms with E-state index in [0.717, 1.165) is 0 Å². The molecule has 0 aromatic heterocycles. The second-order valence-electron chi connectivity index (χ2n) is 3.82. The summed E-state index contributed by atoms with van der Waals surface area (Å²) < 4.78 is 5.09. The Bertz CT molecular complexity index is 382. The first-order chi connectivity index (χ1) is 8.71. The summed E-state index contributed by atoms with van der Waals surface area (Å²) in [6.07, 6.45) is 0.583. The third-order valence-corrected chi connectivity index (χ3v) is 2.58. The van der Waals surface area contributed by atoms with Gasteiger partial charge in [0.25, 0.3) is 0 Å².